The first kappa shape index (κ1) is 20.4. The predicted molar refractivity (Wildman–Crippen MR) is 116 cm³/mol. The van der Waals surface area contributed by atoms with E-state index in [9.17, 15) is 9.59 Å². The molecule has 1 unspecified atom stereocenters. The third kappa shape index (κ3) is 3.66. The number of benzene rings is 1. The van der Waals surface area contributed by atoms with Gasteiger partial charge in [-0.05, 0) is 18.6 Å². The number of hydrogen-bond donors (Lipinski definition) is 0. The van der Waals surface area contributed by atoms with Gasteiger partial charge in [0, 0.05) is 36.1 Å². The largest absolute Gasteiger partial charge is 0.377 e. The van der Waals surface area contributed by atoms with Crippen LogP contribution in [-0.4, -0.2) is 50.6 Å². The summed E-state index contributed by atoms with van der Waals surface area (Å²) in [5.41, 5.74) is 1.63. The molecule has 3 heterocycles. The average Bonchev–Trinajstić information content (AvgIpc) is 3.19. The minimum atomic E-state index is -0.291. The highest BCUT2D eigenvalue weighted by Crippen LogP contribution is 2.23. The maximum absolute atomic E-state index is 13.2. The molecule has 1 aromatic carbocycles. The van der Waals surface area contributed by atoms with Crippen molar-refractivity contribution in [2.24, 2.45) is 0 Å². The van der Waals surface area contributed by atoms with Gasteiger partial charge in [-0.2, -0.15) is 0 Å². The summed E-state index contributed by atoms with van der Waals surface area (Å²) in [4.78, 5) is 32.5. The van der Waals surface area contributed by atoms with Crippen molar-refractivity contribution in [3.8, 4) is 11.3 Å². The summed E-state index contributed by atoms with van der Waals surface area (Å²) in [5.74, 6) is -0.187. The van der Waals surface area contributed by atoms with Crippen molar-refractivity contribution in [2.45, 2.75) is 25.9 Å². The molecule has 0 bridgehead atoms. The van der Waals surface area contributed by atoms with Gasteiger partial charge in [0.1, 0.15) is 5.69 Å². The fraction of sp³-hybridized carbons (Fsp3) is 0.318. The van der Waals surface area contributed by atoms with Crippen molar-refractivity contribution in [1.82, 2.24) is 18.9 Å². The van der Waals surface area contributed by atoms with E-state index in [0.717, 1.165) is 12.0 Å². The number of amides is 1. The molecule has 1 fully saturated rings. The van der Waals surface area contributed by atoms with Crippen molar-refractivity contribution in [2.75, 3.05) is 19.8 Å². The molecule has 30 heavy (non-hydrogen) atoms. The standard InChI is InChI=1S/C22H23ClN4O3/c1-3-8-27-19(15-6-5-7-16(23)11-15)13-25-12-18(24-20(25)22(27)29)21(28)26-9-10-30-14-17(26)4-2/h3,5-7,11-13,17H,1,4,8-10,14H2,2H3. The van der Waals surface area contributed by atoms with E-state index in [4.69, 9.17) is 16.3 Å². The van der Waals surface area contributed by atoms with E-state index in [2.05, 4.69) is 11.6 Å². The highest BCUT2D eigenvalue weighted by molar-refractivity contribution is 6.30. The molecular weight excluding hydrogens is 404 g/mol. The highest BCUT2D eigenvalue weighted by Gasteiger charge is 2.28. The monoisotopic (exact) mass is 426 g/mol. The van der Waals surface area contributed by atoms with Crippen molar-refractivity contribution >= 4 is 23.2 Å². The Morgan fingerprint density at radius 3 is 2.97 bits per heavy atom. The molecule has 2 aromatic heterocycles. The minimum Gasteiger partial charge on any atom is -0.377 e. The molecule has 4 rings (SSSR count). The average molecular weight is 427 g/mol. The number of morpholine rings is 1. The van der Waals surface area contributed by atoms with Crippen LogP contribution in [-0.2, 0) is 11.3 Å². The van der Waals surface area contributed by atoms with Crippen LogP contribution < -0.4 is 5.56 Å². The third-order valence-corrected chi connectivity index (χ3v) is 5.57. The summed E-state index contributed by atoms with van der Waals surface area (Å²) < 4.78 is 8.69. The van der Waals surface area contributed by atoms with Gasteiger partial charge in [-0.1, -0.05) is 36.7 Å². The molecule has 1 saturated heterocycles. The van der Waals surface area contributed by atoms with Gasteiger partial charge in [0.05, 0.1) is 24.9 Å². The fourth-order valence-electron chi connectivity index (χ4n) is 3.78. The molecule has 7 nitrogen and oxygen atoms in total. The van der Waals surface area contributed by atoms with Crippen LogP contribution in [0.2, 0.25) is 5.02 Å². The first-order valence-corrected chi connectivity index (χ1v) is 10.3. The van der Waals surface area contributed by atoms with E-state index in [1.807, 2.05) is 19.1 Å². The van der Waals surface area contributed by atoms with Crippen LogP contribution in [0.1, 0.15) is 23.8 Å². The Morgan fingerprint density at radius 2 is 2.23 bits per heavy atom. The zero-order valence-corrected chi connectivity index (χ0v) is 17.5. The van der Waals surface area contributed by atoms with E-state index in [1.54, 1.807) is 44.5 Å². The van der Waals surface area contributed by atoms with Gasteiger partial charge in [0.25, 0.3) is 11.5 Å². The molecule has 0 N–H and O–H groups in total. The van der Waals surface area contributed by atoms with Gasteiger partial charge >= 0.3 is 0 Å². The second-order valence-electron chi connectivity index (χ2n) is 7.22. The maximum atomic E-state index is 13.2. The zero-order chi connectivity index (χ0) is 21.3. The number of aromatic nitrogens is 3. The van der Waals surface area contributed by atoms with Gasteiger partial charge in [0.15, 0.2) is 0 Å². The maximum Gasteiger partial charge on any atom is 0.295 e. The molecule has 0 radical (unpaired) electrons. The SMILES string of the molecule is C=CCn1c(-c2cccc(Cl)c2)cn2cc(C(=O)N3CCOCC3CC)nc2c1=O. The first-order valence-electron chi connectivity index (χ1n) is 9.91. The molecule has 0 aliphatic carbocycles. The summed E-state index contributed by atoms with van der Waals surface area (Å²) >= 11 is 6.15. The quantitative estimate of drug-likeness (QED) is 0.587. The smallest absolute Gasteiger partial charge is 0.295 e. The van der Waals surface area contributed by atoms with Crippen LogP contribution in [0, 0.1) is 0 Å². The number of carbonyl (C=O) groups excluding carboxylic acids is 1. The molecule has 156 valence electrons. The lowest BCUT2D eigenvalue weighted by Gasteiger charge is -2.34. The second-order valence-corrected chi connectivity index (χ2v) is 7.66. The summed E-state index contributed by atoms with van der Waals surface area (Å²) in [6.45, 7) is 7.62. The summed E-state index contributed by atoms with van der Waals surface area (Å²) in [7, 11) is 0. The second kappa shape index (κ2) is 8.45. The molecule has 0 spiro atoms. The topological polar surface area (TPSA) is 68.8 Å². The molecule has 1 atom stereocenters. The van der Waals surface area contributed by atoms with Gasteiger partial charge in [-0.15, -0.1) is 6.58 Å². The van der Waals surface area contributed by atoms with Crippen molar-refractivity contribution in [3.63, 3.8) is 0 Å². The van der Waals surface area contributed by atoms with E-state index in [1.165, 1.54) is 0 Å². The van der Waals surface area contributed by atoms with E-state index < -0.39 is 0 Å². The lowest BCUT2D eigenvalue weighted by molar-refractivity contribution is -0.00307. The Hall–Kier alpha value is -2.90. The Morgan fingerprint density at radius 1 is 1.40 bits per heavy atom. The van der Waals surface area contributed by atoms with Crippen molar-refractivity contribution < 1.29 is 9.53 Å². The number of fused-ring (bicyclic) bond motifs is 1. The van der Waals surface area contributed by atoms with E-state index in [0.29, 0.717) is 37.0 Å². The van der Waals surface area contributed by atoms with Crippen LogP contribution >= 0.6 is 11.6 Å². The normalized spacial score (nSPS) is 16.7. The number of ether oxygens (including phenoxy) is 1. The van der Waals surface area contributed by atoms with Crippen molar-refractivity contribution in [1.29, 1.82) is 0 Å². The Bertz CT molecular complexity index is 1170. The number of rotatable bonds is 5. The van der Waals surface area contributed by atoms with Crippen LogP contribution in [0.25, 0.3) is 16.9 Å². The Balaban J connectivity index is 1.83. The number of carbonyl (C=O) groups is 1. The fourth-order valence-corrected chi connectivity index (χ4v) is 3.97. The number of hydrogen-bond acceptors (Lipinski definition) is 4. The molecule has 1 amide bonds. The lowest BCUT2D eigenvalue weighted by Crippen LogP contribution is -2.48. The zero-order valence-electron chi connectivity index (χ0n) is 16.8. The molecule has 0 saturated carbocycles. The number of nitrogens with zero attached hydrogens (tertiary/aromatic N) is 4. The molecule has 3 aromatic rings. The van der Waals surface area contributed by atoms with Crippen LogP contribution in [0.4, 0.5) is 0 Å². The Labute approximate surface area is 179 Å². The molecular formula is C22H23ClN4O3. The van der Waals surface area contributed by atoms with E-state index >= 15 is 0 Å². The molecule has 1 aliphatic rings. The third-order valence-electron chi connectivity index (χ3n) is 5.33. The summed E-state index contributed by atoms with van der Waals surface area (Å²) in [5, 5.41) is 0.574. The molecule has 8 heteroatoms. The van der Waals surface area contributed by atoms with Crippen LogP contribution in [0.5, 0.6) is 0 Å². The summed E-state index contributed by atoms with van der Waals surface area (Å²) in [6.07, 6.45) is 5.87. The first-order chi connectivity index (χ1) is 14.5. The van der Waals surface area contributed by atoms with Gasteiger partial charge in [0.2, 0.25) is 5.65 Å². The van der Waals surface area contributed by atoms with Gasteiger partial charge in [-0.25, -0.2) is 4.98 Å². The van der Waals surface area contributed by atoms with Crippen LogP contribution in [0.3, 0.4) is 0 Å². The summed E-state index contributed by atoms with van der Waals surface area (Å²) in [6, 6.07) is 7.30. The molecule has 1 aliphatic heterocycles. The van der Waals surface area contributed by atoms with Crippen LogP contribution in [0.15, 0.2) is 54.1 Å². The number of allylic oxidation sites excluding steroid dienone is 1. The highest BCUT2D eigenvalue weighted by atomic mass is 35.5. The number of halogens is 1. The van der Waals surface area contributed by atoms with Gasteiger partial charge in [-0.3, -0.25) is 18.6 Å². The van der Waals surface area contributed by atoms with E-state index in [-0.39, 0.29) is 28.8 Å². The lowest BCUT2D eigenvalue weighted by atomic mass is 10.1. The number of imidazole rings is 1. The van der Waals surface area contributed by atoms with Gasteiger partial charge < -0.3 is 9.64 Å². The Kier molecular flexibility index (Phi) is 5.74. The van der Waals surface area contributed by atoms with Crippen molar-refractivity contribution in [3.05, 3.63) is 70.4 Å². The minimum absolute atomic E-state index is 0.00973. The predicted octanol–water partition coefficient (Wildman–Crippen LogP) is 3.25.